The van der Waals surface area contributed by atoms with Crippen LogP contribution in [0.1, 0.15) is 25.8 Å². The van der Waals surface area contributed by atoms with Crippen LogP contribution in [0.2, 0.25) is 19.6 Å². The molecule has 0 atom stereocenters. The molecule has 25 heavy (non-hydrogen) atoms. The van der Waals surface area contributed by atoms with Crippen molar-refractivity contribution in [3.63, 3.8) is 0 Å². The Labute approximate surface area is 153 Å². The largest absolute Gasteiger partial charge is 0.266 e. The molecule has 1 aromatic carbocycles. The van der Waals surface area contributed by atoms with Crippen LogP contribution in [0.3, 0.4) is 0 Å². The lowest BCUT2D eigenvalue weighted by Gasteiger charge is -2.35. The number of aryl methyl sites for hydroxylation is 1. The van der Waals surface area contributed by atoms with Gasteiger partial charge in [0.05, 0.1) is 18.7 Å². The fourth-order valence-corrected chi connectivity index (χ4v) is 5.77. The first-order chi connectivity index (χ1) is 11.4. The van der Waals surface area contributed by atoms with Gasteiger partial charge in [-0.2, -0.15) is 0 Å². The second-order valence-corrected chi connectivity index (χ2v) is 14.9. The van der Waals surface area contributed by atoms with E-state index in [-0.39, 0.29) is 0 Å². The zero-order valence-corrected chi connectivity index (χ0v) is 18.0. The van der Waals surface area contributed by atoms with Crippen molar-refractivity contribution in [3.8, 4) is 0 Å². The maximum atomic E-state index is 13.3. The Bertz CT molecular complexity index is 841. The van der Waals surface area contributed by atoms with Crippen LogP contribution in [0, 0.1) is 6.92 Å². The highest BCUT2D eigenvalue weighted by molar-refractivity contribution is 7.89. The number of sulfonamides is 1. The van der Waals surface area contributed by atoms with Crippen LogP contribution >= 0.6 is 0 Å². The third kappa shape index (κ3) is 4.33. The highest BCUT2D eigenvalue weighted by atomic mass is 32.2. The van der Waals surface area contributed by atoms with E-state index >= 15 is 0 Å². The van der Waals surface area contributed by atoms with E-state index in [0.29, 0.717) is 11.4 Å². The molecule has 1 aromatic rings. The summed E-state index contributed by atoms with van der Waals surface area (Å²) in [6, 6.07) is 7.09. The molecular formula is C20H29NO2SSi. The van der Waals surface area contributed by atoms with Gasteiger partial charge in [0.1, 0.15) is 0 Å². The Balaban J connectivity index is 2.65. The fourth-order valence-electron chi connectivity index (χ4n) is 3.08. The zero-order chi connectivity index (χ0) is 19.0. The van der Waals surface area contributed by atoms with Crippen LogP contribution in [-0.2, 0) is 10.0 Å². The van der Waals surface area contributed by atoms with E-state index in [1.807, 2.05) is 26.0 Å². The number of allylic oxidation sites excluding steroid dienone is 1. The van der Waals surface area contributed by atoms with Crippen LogP contribution in [-0.4, -0.2) is 27.3 Å². The van der Waals surface area contributed by atoms with Gasteiger partial charge in [0.25, 0.3) is 10.0 Å². The molecule has 0 fully saturated rings. The molecule has 0 aliphatic carbocycles. The summed E-state index contributed by atoms with van der Waals surface area (Å²) in [5.74, 6) is 0. The number of hydrogen-bond donors (Lipinski definition) is 0. The molecule has 0 saturated heterocycles. The summed E-state index contributed by atoms with van der Waals surface area (Å²) in [7, 11) is -5.21. The van der Waals surface area contributed by atoms with Crippen molar-refractivity contribution >= 4 is 18.1 Å². The van der Waals surface area contributed by atoms with Gasteiger partial charge >= 0.3 is 0 Å². The van der Waals surface area contributed by atoms with Gasteiger partial charge in [0, 0.05) is 6.54 Å². The van der Waals surface area contributed by atoms with Crippen molar-refractivity contribution < 1.29 is 8.42 Å². The van der Waals surface area contributed by atoms with Crippen LogP contribution < -0.4 is 0 Å². The lowest BCUT2D eigenvalue weighted by molar-refractivity contribution is 0.470. The highest BCUT2D eigenvalue weighted by Crippen LogP contribution is 2.36. The van der Waals surface area contributed by atoms with Crippen molar-refractivity contribution in [2.24, 2.45) is 0 Å². The van der Waals surface area contributed by atoms with E-state index in [9.17, 15) is 8.42 Å². The van der Waals surface area contributed by atoms with Crippen molar-refractivity contribution in [3.05, 3.63) is 64.5 Å². The smallest absolute Gasteiger partial charge is 0.264 e. The summed E-state index contributed by atoms with van der Waals surface area (Å²) in [5.41, 5.74) is 7.19. The molecule has 0 amide bonds. The van der Waals surface area contributed by atoms with Gasteiger partial charge in [-0.15, -0.1) is 0 Å². The minimum atomic E-state index is -3.58. The first-order valence-electron chi connectivity index (χ1n) is 8.62. The van der Waals surface area contributed by atoms with Gasteiger partial charge in [-0.1, -0.05) is 55.2 Å². The van der Waals surface area contributed by atoms with E-state index in [1.54, 1.807) is 16.4 Å². The second-order valence-electron chi connectivity index (χ2n) is 7.97. The molecule has 1 heterocycles. The van der Waals surface area contributed by atoms with Crippen molar-refractivity contribution in [2.75, 3.05) is 6.54 Å². The summed E-state index contributed by atoms with van der Waals surface area (Å²) in [5, 5.41) is 0. The Hall–Kier alpha value is -1.59. The van der Waals surface area contributed by atoms with Crippen LogP contribution in [0.25, 0.3) is 0 Å². The second kappa shape index (κ2) is 6.96. The highest BCUT2D eigenvalue weighted by Gasteiger charge is 2.33. The fraction of sp³-hybridized carbons (Fsp3) is 0.400. The SMILES string of the molecule is C=C(C)C1=C(C)CCN(S(=O)(=O)c2ccc(C)cc2)/C1=C\[Si](C)(C)C. The first-order valence-corrected chi connectivity index (χ1v) is 13.6. The third-order valence-electron chi connectivity index (χ3n) is 4.25. The summed E-state index contributed by atoms with van der Waals surface area (Å²) in [6.45, 7) is 17.2. The van der Waals surface area contributed by atoms with Gasteiger partial charge < -0.3 is 0 Å². The maximum Gasteiger partial charge on any atom is 0.264 e. The Morgan fingerprint density at radius 2 is 1.72 bits per heavy atom. The van der Waals surface area contributed by atoms with Gasteiger partial charge in [-0.3, -0.25) is 4.31 Å². The first kappa shape index (κ1) is 19.7. The number of hydrogen-bond acceptors (Lipinski definition) is 2. The van der Waals surface area contributed by atoms with Crippen LogP contribution in [0.4, 0.5) is 0 Å². The van der Waals surface area contributed by atoms with E-state index in [2.05, 4.69) is 38.8 Å². The molecule has 3 nitrogen and oxygen atoms in total. The third-order valence-corrected chi connectivity index (χ3v) is 7.21. The average molecular weight is 376 g/mol. The topological polar surface area (TPSA) is 37.4 Å². The van der Waals surface area contributed by atoms with E-state index in [4.69, 9.17) is 0 Å². The molecule has 1 aliphatic heterocycles. The Kier molecular flexibility index (Phi) is 5.49. The molecule has 0 saturated carbocycles. The molecule has 0 N–H and O–H groups in total. The van der Waals surface area contributed by atoms with Gasteiger partial charge in [-0.25, -0.2) is 8.42 Å². The minimum absolute atomic E-state index is 0.347. The summed E-state index contributed by atoms with van der Waals surface area (Å²) >= 11 is 0. The number of benzene rings is 1. The molecule has 1 aliphatic rings. The van der Waals surface area contributed by atoms with Gasteiger partial charge in [-0.05, 0) is 50.5 Å². The average Bonchev–Trinajstić information content (AvgIpc) is 2.45. The molecule has 136 valence electrons. The maximum absolute atomic E-state index is 13.3. The van der Waals surface area contributed by atoms with E-state index in [1.165, 1.54) is 5.57 Å². The zero-order valence-electron chi connectivity index (χ0n) is 16.2. The Morgan fingerprint density at radius 1 is 1.16 bits per heavy atom. The minimum Gasteiger partial charge on any atom is -0.266 e. The Morgan fingerprint density at radius 3 is 2.20 bits per heavy atom. The molecule has 0 radical (unpaired) electrons. The lowest BCUT2D eigenvalue weighted by Crippen LogP contribution is -2.37. The monoisotopic (exact) mass is 375 g/mol. The molecule has 2 rings (SSSR count). The molecule has 0 spiro atoms. The molecule has 0 bridgehead atoms. The van der Waals surface area contributed by atoms with E-state index in [0.717, 1.165) is 28.8 Å². The molecule has 0 unspecified atom stereocenters. The lowest BCUT2D eigenvalue weighted by atomic mass is 9.95. The van der Waals surface area contributed by atoms with Gasteiger partial charge in [0.15, 0.2) is 0 Å². The van der Waals surface area contributed by atoms with E-state index < -0.39 is 18.1 Å². The quantitative estimate of drug-likeness (QED) is 0.691. The number of nitrogens with zero attached hydrogens (tertiary/aromatic N) is 1. The molecule has 0 aromatic heterocycles. The van der Waals surface area contributed by atoms with Crippen molar-refractivity contribution in [2.45, 2.75) is 51.7 Å². The molecular weight excluding hydrogens is 346 g/mol. The summed E-state index contributed by atoms with van der Waals surface area (Å²) in [4.78, 5) is 0.347. The van der Waals surface area contributed by atoms with Crippen LogP contribution in [0.5, 0.6) is 0 Å². The van der Waals surface area contributed by atoms with Crippen molar-refractivity contribution in [1.29, 1.82) is 0 Å². The summed E-state index contributed by atoms with van der Waals surface area (Å²) in [6.07, 6.45) is 0.732. The van der Waals surface area contributed by atoms with Crippen molar-refractivity contribution in [1.82, 2.24) is 4.31 Å². The predicted octanol–water partition coefficient (Wildman–Crippen LogP) is 5.04. The normalized spacial score (nSPS) is 18.0. The summed E-state index contributed by atoms with van der Waals surface area (Å²) < 4.78 is 28.2. The standard InChI is InChI=1S/C20H29NO2SSi/c1-15(2)20-17(4)12-13-21(19(20)14-25(5,6)7)24(22,23)18-10-8-16(3)9-11-18/h8-11,14H,1,12-13H2,2-7H3/b19-14-. The number of rotatable bonds is 4. The van der Waals surface area contributed by atoms with Gasteiger partial charge in [0.2, 0.25) is 0 Å². The molecule has 5 heteroatoms. The van der Waals surface area contributed by atoms with Crippen LogP contribution in [0.15, 0.2) is 63.9 Å². The predicted molar refractivity (Wildman–Crippen MR) is 109 cm³/mol.